The van der Waals surface area contributed by atoms with Crippen molar-refractivity contribution in [1.82, 2.24) is 0 Å². The van der Waals surface area contributed by atoms with Gasteiger partial charge in [0.05, 0.1) is 5.84 Å². The Morgan fingerprint density at radius 3 is 2.39 bits per heavy atom. The van der Waals surface area contributed by atoms with Gasteiger partial charge in [0.1, 0.15) is 0 Å². The Hall–Kier alpha value is -1.81. The van der Waals surface area contributed by atoms with Crippen LogP contribution in [0.2, 0.25) is 0 Å². The van der Waals surface area contributed by atoms with E-state index in [-0.39, 0.29) is 11.3 Å². The van der Waals surface area contributed by atoms with E-state index in [0.29, 0.717) is 6.42 Å². The zero-order valence-electron chi connectivity index (χ0n) is 13.8. The summed E-state index contributed by atoms with van der Waals surface area (Å²) < 4.78 is 1.09. The molecule has 0 spiro atoms. The van der Waals surface area contributed by atoms with E-state index < -0.39 is 0 Å². The van der Waals surface area contributed by atoms with Gasteiger partial charge in [-0.25, -0.2) is 0 Å². The number of hydrogen-bond acceptors (Lipinski definition) is 2. The highest BCUT2D eigenvalue weighted by Crippen LogP contribution is 2.49. The van der Waals surface area contributed by atoms with Crippen molar-refractivity contribution in [3.63, 3.8) is 0 Å². The molecule has 0 radical (unpaired) electrons. The summed E-state index contributed by atoms with van der Waals surface area (Å²) in [6, 6.07) is 13.1. The predicted octanol–water partition coefficient (Wildman–Crippen LogP) is 4.86. The third kappa shape index (κ3) is 2.76. The minimum atomic E-state index is -0.0623. The number of hydrogen-bond donors (Lipinski definition) is 2. The fourth-order valence-corrected chi connectivity index (χ4v) is 3.74. The van der Waals surface area contributed by atoms with E-state index in [9.17, 15) is 0 Å². The molecule has 0 aliphatic carbocycles. The van der Waals surface area contributed by atoms with Gasteiger partial charge in [0.2, 0.25) is 0 Å². The first kappa shape index (κ1) is 16.1. The van der Waals surface area contributed by atoms with Gasteiger partial charge < -0.3 is 10.6 Å². The van der Waals surface area contributed by atoms with Crippen LogP contribution in [-0.4, -0.2) is 12.4 Å². The number of aryl methyl sites for hydroxylation is 1. The molecule has 0 atom stereocenters. The van der Waals surface area contributed by atoms with Crippen LogP contribution in [0.1, 0.15) is 37.0 Å². The van der Waals surface area contributed by atoms with E-state index >= 15 is 0 Å². The molecule has 0 unspecified atom stereocenters. The number of nitrogens with two attached hydrogens (primary N) is 1. The predicted molar refractivity (Wildman–Crippen MR) is 101 cm³/mol. The molecule has 0 amide bonds. The maximum Gasteiger partial charge on any atom is 0.0923 e. The molecule has 3 rings (SSSR count). The molecule has 1 aliphatic rings. The van der Waals surface area contributed by atoms with Crippen LogP contribution >= 0.6 is 15.9 Å². The van der Waals surface area contributed by atoms with Crippen LogP contribution in [0.15, 0.2) is 40.9 Å². The SMILES string of the molecule is Cc1ccc2c(c1)C(C)(C)c1cc(Br)ccc1N2CCC(=N)N. The van der Waals surface area contributed by atoms with Gasteiger partial charge in [0, 0.05) is 34.2 Å². The minimum Gasteiger partial charge on any atom is -0.388 e. The number of anilines is 2. The fourth-order valence-electron chi connectivity index (χ4n) is 3.38. The standard InChI is InChI=1S/C19H22BrN3/c1-12-4-6-16-14(10-12)19(2,3)15-11-13(20)5-7-17(15)23(16)9-8-18(21)22/h4-7,10-11H,8-9H2,1-3H3,(H3,21,22). The summed E-state index contributed by atoms with van der Waals surface area (Å²) in [4.78, 5) is 2.29. The smallest absolute Gasteiger partial charge is 0.0923 e. The fraction of sp³-hybridized carbons (Fsp3) is 0.316. The van der Waals surface area contributed by atoms with Crippen LogP contribution in [-0.2, 0) is 5.41 Å². The molecule has 0 saturated carbocycles. The average Bonchev–Trinajstić information content (AvgIpc) is 2.48. The van der Waals surface area contributed by atoms with E-state index in [1.807, 2.05) is 0 Å². The van der Waals surface area contributed by atoms with Gasteiger partial charge in [-0.05, 0) is 42.3 Å². The van der Waals surface area contributed by atoms with E-state index in [4.69, 9.17) is 11.1 Å². The summed E-state index contributed by atoms with van der Waals surface area (Å²) in [6.45, 7) is 7.40. The number of halogens is 1. The quantitative estimate of drug-likeness (QED) is 0.597. The first-order chi connectivity index (χ1) is 10.8. The molecule has 3 nitrogen and oxygen atoms in total. The molecule has 0 bridgehead atoms. The van der Waals surface area contributed by atoms with Crippen molar-refractivity contribution in [1.29, 1.82) is 5.41 Å². The van der Waals surface area contributed by atoms with Crippen LogP contribution in [0, 0.1) is 12.3 Å². The van der Waals surface area contributed by atoms with Crippen molar-refractivity contribution < 1.29 is 0 Å². The Kier molecular flexibility index (Phi) is 3.96. The van der Waals surface area contributed by atoms with Crippen LogP contribution < -0.4 is 10.6 Å². The molecule has 0 fully saturated rings. The van der Waals surface area contributed by atoms with E-state index in [0.717, 1.165) is 11.0 Å². The molecule has 3 N–H and O–H groups in total. The summed E-state index contributed by atoms with van der Waals surface area (Å²) in [5.74, 6) is 0.224. The van der Waals surface area contributed by atoms with Gasteiger partial charge in [-0.15, -0.1) is 0 Å². The Balaban J connectivity index is 2.21. The lowest BCUT2D eigenvalue weighted by atomic mass is 9.73. The Morgan fingerprint density at radius 2 is 1.74 bits per heavy atom. The first-order valence-corrected chi connectivity index (χ1v) is 8.61. The Morgan fingerprint density at radius 1 is 1.13 bits per heavy atom. The zero-order chi connectivity index (χ0) is 16.8. The molecule has 1 aliphatic heterocycles. The molecule has 2 aromatic rings. The number of benzene rings is 2. The largest absolute Gasteiger partial charge is 0.388 e. The second-order valence-corrected chi connectivity index (χ2v) is 7.65. The van der Waals surface area contributed by atoms with Crippen molar-refractivity contribution >= 4 is 33.1 Å². The molecule has 23 heavy (non-hydrogen) atoms. The lowest BCUT2D eigenvalue weighted by molar-refractivity contribution is 0.623. The van der Waals surface area contributed by atoms with Crippen molar-refractivity contribution in [2.24, 2.45) is 5.73 Å². The van der Waals surface area contributed by atoms with Crippen LogP contribution in [0.5, 0.6) is 0 Å². The number of rotatable bonds is 3. The van der Waals surface area contributed by atoms with Crippen molar-refractivity contribution in [3.05, 3.63) is 57.6 Å². The van der Waals surface area contributed by atoms with Crippen LogP contribution in [0.4, 0.5) is 11.4 Å². The van der Waals surface area contributed by atoms with Crippen molar-refractivity contribution in [2.75, 3.05) is 11.4 Å². The van der Waals surface area contributed by atoms with Crippen LogP contribution in [0.3, 0.4) is 0 Å². The molecule has 1 heterocycles. The normalized spacial score (nSPS) is 15.0. The summed E-state index contributed by atoms with van der Waals surface area (Å²) in [6.07, 6.45) is 0.559. The lowest BCUT2D eigenvalue weighted by Gasteiger charge is -2.42. The van der Waals surface area contributed by atoms with Gasteiger partial charge in [-0.1, -0.05) is 47.5 Å². The van der Waals surface area contributed by atoms with E-state index in [1.165, 1.54) is 28.1 Å². The minimum absolute atomic E-state index is 0.0623. The topological polar surface area (TPSA) is 53.1 Å². The average molecular weight is 372 g/mol. The van der Waals surface area contributed by atoms with Crippen LogP contribution in [0.25, 0.3) is 0 Å². The summed E-state index contributed by atoms with van der Waals surface area (Å²) >= 11 is 3.61. The molecular weight excluding hydrogens is 350 g/mol. The highest BCUT2D eigenvalue weighted by atomic mass is 79.9. The third-order valence-electron chi connectivity index (χ3n) is 4.64. The number of fused-ring (bicyclic) bond motifs is 2. The summed E-state index contributed by atoms with van der Waals surface area (Å²) in [5, 5.41) is 7.57. The van der Waals surface area contributed by atoms with Crippen molar-refractivity contribution in [2.45, 2.75) is 32.6 Å². The number of nitrogens with zero attached hydrogens (tertiary/aromatic N) is 1. The second kappa shape index (κ2) is 5.68. The van der Waals surface area contributed by atoms with Gasteiger partial charge in [-0.3, -0.25) is 5.41 Å². The molecule has 2 aromatic carbocycles. The zero-order valence-corrected chi connectivity index (χ0v) is 15.4. The van der Waals surface area contributed by atoms with Gasteiger partial charge in [0.15, 0.2) is 0 Å². The Bertz CT molecular complexity index is 725. The van der Waals surface area contributed by atoms with Gasteiger partial charge in [-0.2, -0.15) is 0 Å². The number of nitrogens with one attached hydrogen (secondary N) is 1. The molecule has 120 valence electrons. The summed E-state index contributed by atoms with van der Waals surface area (Å²) in [7, 11) is 0. The van der Waals surface area contributed by atoms with Crippen molar-refractivity contribution in [3.8, 4) is 0 Å². The highest BCUT2D eigenvalue weighted by Gasteiger charge is 2.36. The van der Waals surface area contributed by atoms with E-state index in [2.05, 4.69) is 78.0 Å². The molecular formula is C19H22BrN3. The Labute approximate surface area is 146 Å². The maximum absolute atomic E-state index is 7.57. The maximum atomic E-state index is 7.57. The summed E-state index contributed by atoms with van der Waals surface area (Å²) in [5.41, 5.74) is 11.9. The lowest BCUT2D eigenvalue weighted by Crippen LogP contribution is -2.34. The van der Waals surface area contributed by atoms with E-state index in [1.54, 1.807) is 0 Å². The first-order valence-electron chi connectivity index (χ1n) is 7.82. The highest BCUT2D eigenvalue weighted by molar-refractivity contribution is 9.10. The monoisotopic (exact) mass is 371 g/mol. The third-order valence-corrected chi connectivity index (χ3v) is 5.14. The molecule has 0 saturated heterocycles. The van der Waals surface area contributed by atoms with Gasteiger partial charge >= 0.3 is 0 Å². The second-order valence-electron chi connectivity index (χ2n) is 6.73. The van der Waals surface area contributed by atoms with Gasteiger partial charge in [0.25, 0.3) is 0 Å². The number of amidine groups is 1. The molecule has 0 aromatic heterocycles. The molecule has 4 heteroatoms.